The van der Waals surface area contributed by atoms with Crippen LogP contribution in [0.5, 0.6) is 5.75 Å². The zero-order valence-corrected chi connectivity index (χ0v) is 15.5. The van der Waals surface area contributed by atoms with E-state index in [-0.39, 0.29) is 29.7 Å². The number of pyridine rings is 1. The van der Waals surface area contributed by atoms with Crippen molar-refractivity contribution in [2.75, 3.05) is 6.61 Å². The number of H-pyrrole nitrogens is 1. The number of carbonyl (C=O) groups is 1. The lowest BCUT2D eigenvalue weighted by atomic mass is 9.91. The van der Waals surface area contributed by atoms with E-state index in [0.717, 1.165) is 36.2 Å². The van der Waals surface area contributed by atoms with Crippen molar-refractivity contribution in [2.24, 2.45) is 7.05 Å². The average molecular weight is 365 g/mol. The van der Waals surface area contributed by atoms with Gasteiger partial charge in [0.1, 0.15) is 0 Å². The minimum absolute atomic E-state index is 0.0573. The van der Waals surface area contributed by atoms with Gasteiger partial charge < -0.3 is 19.6 Å². The highest BCUT2D eigenvalue weighted by Gasteiger charge is 2.25. The van der Waals surface area contributed by atoms with Crippen molar-refractivity contribution in [3.8, 4) is 5.75 Å². The number of nitrogens with one attached hydrogen (secondary N) is 2. The van der Waals surface area contributed by atoms with Gasteiger partial charge in [0.15, 0.2) is 12.4 Å². The smallest absolute Gasteiger partial charge is 0.258 e. The second-order valence-corrected chi connectivity index (χ2v) is 7.12. The molecule has 2 aromatic heterocycles. The van der Waals surface area contributed by atoms with E-state index in [2.05, 4.69) is 22.4 Å². The molecule has 0 unspecified atom stereocenters. The topological polar surface area (TPSA) is 76.1 Å². The van der Waals surface area contributed by atoms with Crippen molar-refractivity contribution >= 4 is 16.8 Å². The van der Waals surface area contributed by atoms with E-state index in [4.69, 9.17) is 4.74 Å². The Morgan fingerprint density at radius 2 is 2.19 bits per heavy atom. The van der Waals surface area contributed by atoms with Gasteiger partial charge in [-0.2, -0.15) is 0 Å². The Hall–Kier alpha value is -3.02. The molecule has 0 radical (unpaired) electrons. The van der Waals surface area contributed by atoms with Gasteiger partial charge in [-0.1, -0.05) is 18.2 Å². The summed E-state index contributed by atoms with van der Waals surface area (Å²) in [7, 11) is 1.83. The average Bonchev–Trinajstić information content (AvgIpc) is 3.03. The lowest BCUT2D eigenvalue weighted by Gasteiger charge is -2.23. The number of para-hydroxylation sites is 1. The molecule has 2 heterocycles. The van der Waals surface area contributed by atoms with Crippen LogP contribution in [-0.4, -0.2) is 22.1 Å². The number of hydrogen-bond donors (Lipinski definition) is 2. The molecule has 1 amide bonds. The molecule has 0 saturated heterocycles. The number of aromatic amines is 1. The maximum atomic E-state index is 12.4. The Balaban J connectivity index is 1.47. The number of nitrogens with zero attached hydrogens (tertiary/aromatic N) is 1. The van der Waals surface area contributed by atoms with Crippen LogP contribution in [0.25, 0.3) is 10.9 Å². The summed E-state index contributed by atoms with van der Waals surface area (Å²) in [6.07, 6.45) is 4.54. The number of carbonyl (C=O) groups excluding carboxylic acids is 1. The minimum atomic E-state index is -0.228. The van der Waals surface area contributed by atoms with Gasteiger partial charge >= 0.3 is 0 Å². The van der Waals surface area contributed by atoms with Gasteiger partial charge in [0, 0.05) is 41.6 Å². The van der Waals surface area contributed by atoms with Crippen molar-refractivity contribution in [2.45, 2.75) is 32.2 Å². The molecule has 6 nitrogen and oxygen atoms in total. The molecule has 0 bridgehead atoms. The van der Waals surface area contributed by atoms with Crippen LogP contribution in [0.1, 0.15) is 35.8 Å². The molecular formula is C21H23N3O3. The van der Waals surface area contributed by atoms with Crippen LogP contribution >= 0.6 is 0 Å². The van der Waals surface area contributed by atoms with Gasteiger partial charge in [0.25, 0.3) is 5.91 Å². The maximum Gasteiger partial charge on any atom is 0.258 e. The largest absolute Gasteiger partial charge is 0.478 e. The Bertz CT molecular complexity index is 1060. The highest BCUT2D eigenvalue weighted by atomic mass is 16.5. The summed E-state index contributed by atoms with van der Waals surface area (Å²) in [5.41, 5.74) is 4.10. The van der Waals surface area contributed by atoms with E-state index < -0.39 is 0 Å². The van der Waals surface area contributed by atoms with Crippen LogP contribution in [0, 0.1) is 6.92 Å². The summed E-state index contributed by atoms with van der Waals surface area (Å²) in [5, 5.41) is 4.28. The van der Waals surface area contributed by atoms with Crippen molar-refractivity contribution in [3.05, 3.63) is 63.7 Å². The van der Waals surface area contributed by atoms with Crippen molar-refractivity contribution < 1.29 is 9.53 Å². The Morgan fingerprint density at radius 1 is 1.37 bits per heavy atom. The van der Waals surface area contributed by atoms with E-state index in [9.17, 15) is 9.59 Å². The summed E-state index contributed by atoms with van der Waals surface area (Å²) < 4.78 is 7.27. The fraction of sp³-hybridized carbons (Fsp3) is 0.333. The third-order valence-corrected chi connectivity index (χ3v) is 5.26. The third kappa shape index (κ3) is 3.35. The number of ether oxygens (including phenoxy) is 1. The molecule has 3 aromatic rings. The molecule has 1 atom stereocenters. The SMILES string of the molecule is Cc1cc(=O)c(OCC(=O)N[C@@H]2CCCc3c2[nH]c2ccccc32)cn1C. The number of hydrogen-bond acceptors (Lipinski definition) is 3. The molecule has 1 aliphatic carbocycles. The number of aryl methyl sites for hydroxylation is 3. The molecule has 4 rings (SSSR count). The first-order valence-electron chi connectivity index (χ1n) is 9.22. The summed E-state index contributed by atoms with van der Waals surface area (Å²) >= 11 is 0. The van der Waals surface area contributed by atoms with Crippen LogP contribution in [0.2, 0.25) is 0 Å². The molecule has 6 heteroatoms. The molecule has 2 N–H and O–H groups in total. The van der Waals surface area contributed by atoms with Gasteiger partial charge in [0.2, 0.25) is 5.43 Å². The summed E-state index contributed by atoms with van der Waals surface area (Å²) in [6.45, 7) is 1.67. The van der Waals surface area contributed by atoms with Gasteiger partial charge in [-0.15, -0.1) is 0 Å². The molecule has 1 aromatic carbocycles. The van der Waals surface area contributed by atoms with Gasteiger partial charge in [0.05, 0.1) is 6.04 Å². The second-order valence-electron chi connectivity index (χ2n) is 7.12. The molecule has 0 fully saturated rings. The standard InChI is InChI=1S/C21H23N3O3/c1-13-10-18(25)19(11-24(13)2)27-12-20(26)22-17-9-5-7-15-14-6-3-4-8-16(14)23-21(15)17/h3-4,6,8,10-11,17,23H,5,7,9,12H2,1-2H3,(H,22,26)/t17-/m1/s1. The van der Waals surface area contributed by atoms with E-state index in [0.29, 0.717) is 0 Å². The summed E-state index contributed by atoms with van der Waals surface area (Å²) in [4.78, 5) is 27.9. The Kier molecular flexibility index (Phi) is 4.48. The highest BCUT2D eigenvalue weighted by Crippen LogP contribution is 2.34. The first-order valence-corrected chi connectivity index (χ1v) is 9.22. The van der Waals surface area contributed by atoms with Crippen LogP contribution in [0.4, 0.5) is 0 Å². The molecular weight excluding hydrogens is 342 g/mol. The molecule has 27 heavy (non-hydrogen) atoms. The van der Waals surface area contributed by atoms with Gasteiger partial charge in [-0.25, -0.2) is 0 Å². The fourth-order valence-corrected chi connectivity index (χ4v) is 3.75. The lowest BCUT2D eigenvalue weighted by Crippen LogP contribution is -2.35. The van der Waals surface area contributed by atoms with E-state index in [1.165, 1.54) is 17.0 Å². The van der Waals surface area contributed by atoms with Crippen LogP contribution in [0.15, 0.2) is 41.3 Å². The second kappa shape index (κ2) is 6.95. The zero-order valence-electron chi connectivity index (χ0n) is 15.5. The number of rotatable bonds is 4. The van der Waals surface area contributed by atoms with E-state index in [1.54, 1.807) is 10.8 Å². The Morgan fingerprint density at radius 3 is 3.04 bits per heavy atom. The number of amides is 1. The minimum Gasteiger partial charge on any atom is -0.478 e. The van der Waals surface area contributed by atoms with E-state index in [1.807, 2.05) is 26.1 Å². The normalized spacial score (nSPS) is 16.1. The van der Waals surface area contributed by atoms with Gasteiger partial charge in [-0.05, 0) is 37.8 Å². The van der Waals surface area contributed by atoms with Gasteiger partial charge in [-0.3, -0.25) is 9.59 Å². The Labute approximate surface area is 157 Å². The lowest BCUT2D eigenvalue weighted by molar-refractivity contribution is -0.124. The molecule has 0 spiro atoms. The number of benzene rings is 1. The summed E-state index contributed by atoms with van der Waals surface area (Å²) in [6, 6.07) is 9.67. The van der Waals surface area contributed by atoms with Crippen molar-refractivity contribution in [3.63, 3.8) is 0 Å². The fourth-order valence-electron chi connectivity index (χ4n) is 3.75. The molecule has 1 aliphatic rings. The zero-order chi connectivity index (χ0) is 19.0. The highest BCUT2D eigenvalue weighted by molar-refractivity contribution is 5.85. The number of fused-ring (bicyclic) bond motifs is 3. The molecule has 140 valence electrons. The van der Waals surface area contributed by atoms with E-state index >= 15 is 0 Å². The molecule has 0 aliphatic heterocycles. The molecule has 0 saturated carbocycles. The predicted molar refractivity (Wildman–Crippen MR) is 104 cm³/mol. The van der Waals surface area contributed by atoms with Crippen molar-refractivity contribution in [1.82, 2.24) is 14.9 Å². The summed E-state index contributed by atoms with van der Waals surface area (Å²) in [5.74, 6) is -0.0395. The first kappa shape index (κ1) is 17.4. The first-order chi connectivity index (χ1) is 13.0. The maximum absolute atomic E-state index is 12.4. The monoisotopic (exact) mass is 365 g/mol. The quantitative estimate of drug-likeness (QED) is 0.746. The van der Waals surface area contributed by atoms with Crippen LogP contribution in [-0.2, 0) is 18.3 Å². The predicted octanol–water partition coefficient (Wildman–Crippen LogP) is 2.75. The van der Waals surface area contributed by atoms with Crippen LogP contribution < -0.4 is 15.5 Å². The van der Waals surface area contributed by atoms with Crippen molar-refractivity contribution in [1.29, 1.82) is 0 Å². The van der Waals surface area contributed by atoms with Crippen LogP contribution in [0.3, 0.4) is 0 Å². The number of aromatic nitrogens is 2. The third-order valence-electron chi connectivity index (χ3n) is 5.26.